The van der Waals surface area contributed by atoms with Crippen LogP contribution in [0.25, 0.3) is 0 Å². The predicted octanol–water partition coefficient (Wildman–Crippen LogP) is 1.39. The second-order valence-electron chi connectivity index (χ2n) is 4.59. The van der Waals surface area contributed by atoms with Crippen LogP contribution in [0, 0.1) is 0 Å². The zero-order valence-electron chi connectivity index (χ0n) is 9.98. The van der Waals surface area contributed by atoms with Crippen LogP contribution in [0.15, 0.2) is 0 Å². The first-order valence-corrected chi connectivity index (χ1v) is 7.26. The second kappa shape index (κ2) is 4.85. The largest absolute Gasteiger partial charge is 0.477 e. The van der Waals surface area contributed by atoms with Gasteiger partial charge in [-0.1, -0.05) is 0 Å². The molecule has 6 heteroatoms. The predicted molar refractivity (Wildman–Crippen MR) is 68.8 cm³/mol. The Hall–Kier alpha value is -1.14. The molecule has 18 heavy (non-hydrogen) atoms. The average Bonchev–Trinajstić information content (AvgIpc) is 2.91. The van der Waals surface area contributed by atoms with Crippen molar-refractivity contribution in [1.29, 1.82) is 0 Å². The van der Waals surface area contributed by atoms with Crippen molar-refractivity contribution < 1.29 is 9.90 Å². The van der Waals surface area contributed by atoms with Crippen LogP contribution in [0.2, 0.25) is 0 Å². The van der Waals surface area contributed by atoms with Gasteiger partial charge in [0.2, 0.25) is 0 Å². The number of nitrogens with one attached hydrogen (secondary N) is 1. The number of aromatic nitrogens is 2. The topological polar surface area (TPSA) is 75.1 Å². The molecule has 1 saturated heterocycles. The summed E-state index contributed by atoms with van der Waals surface area (Å²) in [6.45, 7) is 1.46. The molecule has 0 spiro atoms. The van der Waals surface area contributed by atoms with Gasteiger partial charge in [-0.05, 0) is 31.6 Å². The van der Waals surface area contributed by atoms with Crippen LogP contribution in [0.3, 0.4) is 0 Å². The smallest absolute Gasteiger partial charge is 0.354 e. The molecule has 5 nitrogen and oxygen atoms in total. The Morgan fingerprint density at radius 2 is 2.33 bits per heavy atom. The molecular formula is C12H15N3O2S. The van der Waals surface area contributed by atoms with E-state index in [0.29, 0.717) is 18.8 Å². The van der Waals surface area contributed by atoms with Crippen LogP contribution >= 0.6 is 11.8 Å². The monoisotopic (exact) mass is 265 g/mol. The van der Waals surface area contributed by atoms with Gasteiger partial charge in [0.05, 0.1) is 10.9 Å². The second-order valence-corrected chi connectivity index (χ2v) is 5.90. The van der Waals surface area contributed by atoms with E-state index in [1.54, 1.807) is 0 Å². The molecule has 1 unspecified atom stereocenters. The first kappa shape index (κ1) is 11.9. The fraction of sp³-hybridized carbons (Fsp3) is 0.583. The number of carboxylic acids is 1. The van der Waals surface area contributed by atoms with Gasteiger partial charge in [0.1, 0.15) is 5.82 Å². The van der Waals surface area contributed by atoms with Gasteiger partial charge in [-0.25, -0.2) is 14.8 Å². The third-order valence-electron chi connectivity index (χ3n) is 3.37. The van der Waals surface area contributed by atoms with Crippen molar-refractivity contribution in [3.8, 4) is 0 Å². The molecule has 2 N–H and O–H groups in total. The first-order valence-electron chi connectivity index (χ1n) is 6.21. The summed E-state index contributed by atoms with van der Waals surface area (Å²) in [5.74, 6) is 0.892. The number of rotatable bonds is 2. The number of hydrogen-bond acceptors (Lipinski definition) is 5. The lowest BCUT2D eigenvalue weighted by Crippen LogP contribution is -2.28. The summed E-state index contributed by atoms with van der Waals surface area (Å²) in [4.78, 5) is 20.2. The molecule has 1 fully saturated rings. The minimum absolute atomic E-state index is 0.212. The number of hydrogen-bond donors (Lipinski definition) is 2. The fourth-order valence-electron chi connectivity index (χ4n) is 2.48. The van der Waals surface area contributed by atoms with Crippen LogP contribution in [-0.2, 0) is 13.0 Å². The van der Waals surface area contributed by atoms with Crippen molar-refractivity contribution >= 4 is 17.7 Å². The van der Waals surface area contributed by atoms with Crippen LogP contribution in [-0.4, -0.2) is 33.3 Å². The highest BCUT2D eigenvalue weighted by Crippen LogP contribution is 2.38. The van der Waals surface area contributed by atoms with E-state index < -0.39 is 5.97 Å². The molecule has 0 aromatic carbocycles. The van der Waals surface area contributed by atoms with Gasteiger partial charge in [0.25, 0.3) is 0 Å². The minimum Gasteiger partial charge on any atom is -0.477 e. The molecule has 1 aromatic heterocycles. The summed E-state index contributed by atoms with van der Waals surface area (Å²) in [6.07, 6.45) is 2.92. The maximum absolute atomic E-state index is 11.3. The molecule has 0 amide bonds. The highest BCUT2D eigenvalue weighted by Gasteiger charge is 2.26. The molecule has 0 bridgehead atoms. The lowest BCUT2D eigenvalue weighted by atomic mass is 10.0. The third-order valence-corrected chi connectivity index (χ3v) is 4.75. The maximum Gasteiger partial charge on any atom is 0.354 e. The summed E-state index contributed by atoms with van der Waals surface area (Å²) >= 11 is 1.83. The lowest BCUT2D eigenvalue weighted by Gasteiger charge is -2.19. The van der Waals surface area contributed by atoms with Gasteiger partial charge in [-0.15, -0.1) is 0 Å². The number of thioether (sulfide) groups is 1. The van der Waals surface area contributed by atoms with Crippen molar-refractivity contribution in [1.82, 2.24) is 15.3 Å². The number of aromatic carboxylic acids is 1. The molecule has 0 saturated carbocycles. The van der Waals surface area contributed by atoms with Gasteiger partial charge in [0, 0.05) is 12.1 Å². The quantitative estimate of drug-likeness (QED) is 0.841. The van der Waals surface area contributed by atoms with Crippen LogP contribution < -0.4 is 5.32 Å². The Labute approximate surface area is 109 Å². The Bertz CT molecular complexity index is 486. The van der Waals surface area contributed by atoms with E-state index in [0.717, 1.165) is 36.4 Å². The number of nitrogens with zero attached hydrogens (tertiary/aromatic N) is 2. The Morgan fingerprint density at radius 1 is 1.44 bits per heavy atom. The molecule has 96 valence electrons. The summed E-state index contributed by atoms with van der Waals surface area (Å²) in [5.41, 5.74) is 1.90. The molecule has 2 aliphatic rings. The SMILES string of the molecule is O=C(O)c1nc(C2CCCS2)nc2c1CCNC2. The summed E-state index contributed by atoms with van der Waals surface area (Å²) in [5, 5.41) is 12.8. The Balaban J connectivity index is 2.05. The minimum atomic E-state index is -0.931. The third kappa shape index (κ3) is 2.10. The molecule has 3 heterocycles. The average molecular weight is 265 g/mol. The fourth-order valence-corrected chi connectivity index (χ4v) is 3.69. The summed E-state index contributed by atoms with van der Waals surface area (Å²) in [7, 11) is 0. The molecule has 0 radical (unpaired) electrons. The van der Waals surface area contributed by atoms with Crippen LogP contribution in [0.1, 0.15) is 45.7 Å². The van der Waals surface area contributed by atoms with E-state index in [9.17, 15) is 9.90 Å². The van der Waals surface area contributed by atoms with Gasteiger partial charge >= 0.3 is 5.97 Å². The number of fused-ring (bicyclic) bond motifs is 1. The molecule has 1 atom stereocenters. The van der Waals surface area contributed by atoms with Gasteiger partial charge in [-0.3, -0.25) is 0 Å². The van der Waals surface area contributed by atoms with E-state index >= 15 is 0 Å². The van der Waals surface area contributed by atoms with Gasteiger partial charge in [0.15, 0.2) is 5.69 Å². The van der Waals surface area contributed by atoms with Crippen molar-refractivity contribution in [3.63, 3.8) is 0 Å². The Kier molecular flexibility index (Phi) is 3.22. The molecule has 3 rings (SSSR count). The maximum atomic E-state index is 11.3. The molecule has 2 aliphatic heterocycles. The van der Waals surface area contributed by atoms with Crippen molar-refractivity contribution in [2.45, 2.75) is 31.1 Å². The highest BCUT2D eigenvalue weighted by molar-refractivity contribution is 7.99. The van der Waals surface area contributed by atoms with E-state index in [-0.39, 0.29) is 10.9 Å². The number of carboxylic acid groups (broad SMARTS) is 1. The zero-order valence-corrected chi connectivity index (χ0v) is 10.8. The van der Waals surface area contributed by atoms with Crippen LogP contribution in [0.5, 0.6) is 0 Å². The highest BCUT2D eigenvalue weighted by atomic mass is 32.2. The van der Waals surface area contributed by atoms with E-state index in [4.69, 9.17) is 0 Å². The standard InChI is InChI=1S/C12H15N3O2S/c16-12(17)10-7-3-4-13-6-8(7)14-11(15-10)9-2-1-5-18-9/h9,13H,1-6H2,(H,16,17). The normalized spacial score (nSPS) is 22.8. The van der Waals surface area contributed by atoms with Crippen molar-refractivity contribution in [3.05, 3.63) is 22.8 Å². The summed E-state index contributed by atoms with van der Waals surface area (Å²) in [6, 6.07) is 0. The van der Waals surface area contributed by atoms with E-state index in [1.807, 2.05) is 11.8 Å². The molecule has 1 aromatic rings. The van der Waals surface area contributed by atoms with Crippen LogP contribution in [0.4, 0.5) is 0 Å². The van der Waals surface area contributed by atoms with E-state index in [1.165, 1.54) is 0 Å². The first-order chi connectivity index (χ1) is 8.75. The Morgan fingerprint density at radius 3 is 3.06 bits per heavy atom. The molecule has 0 aliphatic carbocycles. The van der Waals surface area contributed by atoms with Crippen molar-refractivity contribution in [2.24, 2.45) is 0 Å². The van der Waals surface area contributed by atoms with E-state index in [2.05, 4.69) is 15.3 Å². The van der Waals surface area contributed by atoms with Gasteiger partial charge < -0.3 is 10.4 Å². The zero-order chi connectivity index (χ0) is 12.5. The van der Waals surface area contributed by atoms with Gasteiger partial charge in [-0.2, -0.15) is 11.8 Å². The molecular weight excluding hydrogens is 250 g/mol. The lowest BCUT2D eigenvalue weighted by molar-refractivity contribution is 0.0688. The summed E-state index contributed by atoms with van der Waals surface area (Å²) < 4.78 is 0. The van der Waals surface area contributed by atoms with Crippen molar-refractivity contribution in [2.75, 3.05) is 12.3 Å². The number of carbonyl (C=O) groups is 1.